The Hall–Kier alpha value is -5.77. The average molecular weight is 738 g/mol. The third kappa shape index (κ3) is 6.17. The van der Waals surface area contributed by atoms with E-state index in [1.807, 2.05) is 36.4 Å². The van der Waals surface area contributed by atoms with Gasteiger partial charge >= 0.3 is 11.9 Å². The zero-order valence-electron chi connectivity index (χ0n) is 30.2. The largest absolute Gasteiger partial charge is 0.478 e. The number of carbonyl (C=O) groups is 5. The molecular weight excluding hydrogens is 695 g/mol. The molecule has 4 aromatic rings. The number of carboxylic acid groups (broad SMARTS) is 2. The molecule has 0 heterocycles. The molecule has 7 aliphatic carbocycles. The smallest absolute Gasteiger partial charge is 0.335 e. The van der Waals surface area contributed by atoms with E-state index in [9.17, 15) is 29.4 Å². The molecule has 3 atom stereocenters. The van der Waals surface area contributed by atoms with Gasteiger partial charge in [-0.15, -0.1) is 0 Å². The molecule has 11 rings (SSSR count). The van der Waals surface area contributed by atoms with Crippen LogP contribution in [0.15, 0.2) is 97.1 Å². The van der Waals surface area contributed by atoms with Crippen LogP contribution in [0, 0.1) is 35.0 Å². The Morgan fingerprint density at radius 3 is 1.55 bits per heavy atom. The number of hydrogen-bond acceptors (Lipinski definition) is 5. The van der Waals surface area contributed by atoms with Gasteiger partial charge in [0.2, 0.25) is 11.8 Å². The molecule has 7 aliphatic rings. The summed E-state index contributed by atoms with van der Waals surface area (Å²) in [4.78, 5) is 67.7. The molecule has 2 unspecified atom stereocenters. The van der Waals surface area contributed by atoms with Gasteiger partial charge in [0.15, 0.2) is 0 Å². The van der Waals surface area contributed by atoms with Crippen LogP contribution >= 0.6 is 0 Å². The quantitative estimate of drug-likeness (QED) is 0.121. The van der Waals surface area contributed by atoms with Crippen molar-refractivity contribution in [3.63, 3.8) is 0 Å². The van der Waals surface area contributed by atoms with Crippen LogP contribution in [0.2, 0.25) is 0 Å². The molecule has 0 radical (unpaired) electrons. The zero-order valence-corrected chi connectivity index (χ0v) is 30.2. The van der Waals surface area contributed by atoms with Gasteiger partial charge in [0.1, 0.15) is 6.04 Å². The van der Waals surface area contributed by atoms with Crippen LogP contribution in [-0.2, 0) is 14.4 Å². The molecule has 280 valence electrons. The minimum atomic E-state index is -1.35. The molecule has 0 spiro atoms. The number of aromatic carboxylic acids is 2. The van der Waals surface area contributed by atoms with Crippen LogP contribution in [0.3, 0.4) is 0 Å². The Morgan fingerprint density at radius 2 is 1.07 bits per heavy atom. The van der Waals surface area contributed by atoms with Crippen molar-refractivity contribution >= 4 is 35.3 Å². The third-order valence-corrected chi connectivity index (χ3v) is 13.2. The lowest BCUT2D eigenvalue weighted by atomic mass is 9.49. The second-order valence-electron chi connectivity index (χ2n) is 16.7. The molecule has 3 amide bonds. The maximum Gasteiger partial charge on any atom is 0.335 e. The summed E-state index contributed by atoms with van der Waals surface area (Å²) in [5, 5.41) is 28.4. The number of carbonyl (C=O) groups excluding carboxylic acids is 3. The van der Waals surface area contributed by atoms with Gasteiger partial charge in [0.25, 0.3) is 5.91 Å². The summed E-state index contributed by atoms with van der Waals surface area (Å²) in [6.07, 6.45) is 7.33. The van der Waals surface area contributed by atoms with E-state index in [-0.39, 0.29) is 34.1 Å². The molecule has 0 saturated heterocycles. The molecular formula is C45H43N3O7. The van der Waals surface area contributed by atoms with E-state index in [0.717, 1.165) is 65.3 Å². The predicted molar refractivity (Wildman–Crippen MR) is 203 cm³/mol. The van der Waals surface area contributed by atoms with Crippen molar-refractivity contribution in [3.05, 3.63) is 136 Å². The summed E-state index contributed by atoms with van der Waals surface area (Å²) in [5.41, 5.74) is 3.95. The van der Waals surface area contributed by atoms with Crippen molar-refractivity contribution in [1.82, 2.24) is 10.6 Å². The number of nitrogens with one attached hydrogen (secondary N) is 3. The van der Waals surface area contributed by atoms with E-state index in [1.165, 1.54) is 31.4 Å². The summed E-state index contributed by atoms with van der Waals surface area (Å²) < 4.78 is 0. The highest BCUT2D eigenvalue weighted by Crippen LogP contribution is 2.61. The number of carboxylic acids is 2. The van der Waals surface area contributed by atoms with Crippen LogP contribution in [0.4, 0.5) is 5.69 Å². The summed E-state index contributed by atoms with van der Waals surface area (Å²) >= 11 is 0. The Kier molecular flexibility index (Phi) is 8.59. The van der Waals surface area contributed by atoms with Crippen molar-refractivity contribution in [3.8, 4) is 0 Å². The number of anilines is 1. The van der Waals surface area contributed by atoms with Crippen LogP contribution in [0.1, 0.15) is 105 Å². The molecule has 6 bridgehead atoms. The first-order valence-corrected chi connectivity index (χ1v) is 19.3. The Balaban J connectivity index is 1.06. The molecule has 10 heteroatoms. The van der Waals surface area contributed by atoms with E-state index in [1.54, 1.807) is 30.3 Å². The van der Waals surface area contributed by atoms with Gasteiger partial charge in [-0.3, -0.25) is 14.4 Å². The summed E-state index contributed by atoms with van der Waals surface area (Å²) in [5.74, 6) is -4.22. The monoisotopic (exact) mass is 737 g/mol. The lowest BCUT2D eigenvalue weighted by Gasteiger charge is -2.57. The maximum atomic E-state index is 15.0. The van der Waals surface area contributed by atoms with Crippen molar-refractivity contribution in [2.45, 2.75) is 56.4 Å². The standard InChI is InChI=1S/C45H43N3O7/c49-40(46-23-45-20-24-14-25(21-45)16-26(15-24)22-45)37-35-31-10-4-6-12-33(31)36(34-13-7-5-11-32(34)35)38(37)41(50)48-39(27-8-2-1-3-9-27)42(51)47-30-18-28(43(52)53)17-29(19-30)44(54)55/h1-13,17-19,24-26,35-39H,14-16,20-23H2,(H,46,49)(H,47,51)(H,48,50)(H,52,53)(H,54,55)/t24?,25?,26?,35?,36?,37?,38?,39-,45?/m1/s1. The van der Waals surface area contributed by atoms with Gasteiger partial charge in [0, 0.05) is 24.1 Å². The topological polar surface area (TPSA) is 162 Å². The van der Waals surface area contributed by atoms with Gasteiger partial charge in [0.05, 0.1) is 23.0 Å². The summed E-state index contributed by atoms with van der Waals surface area (Å²) in [7, 11) is 0. The van der Waals surface area contributed by atoms with Crippen molar-refractivity contribution in [2.24, 2.45) is 35.0 Å². The number of benzene rings is 4. The van der Waals surface area contributed by atoms with Gasteiger partial charge in [-0.2, -0.15) is 0 Å². The summed E-state index contributed by atoms with van der Waals surface area (Å²) in [6.45, 7) is 0.601. The van der Waals surface area contributed by atoms with Gasteiger partial charge in [-0.05, 0) is 108 Å². The fourth-order valence-electron chi connectivity index (χ4n) is 11.6. The van der Waals surface area contributed by atoms with Crippen LogP contribution in [-0.4, -0.2) is 46.4 Å². The lowest BCUT2D eigenvalue weighted by molar-refractivity contribution is -0.139. The first kappa shape index (κ1) is 35.0. The Bertz CT molecular complexity index is 2120. The molecule has 10 nitrogen and oxygen atoms in total. The minimum absolute atomic E-state index is 0.0426. The molecule has 4 saturated carbocycles. The molecule has 0 aliphatic heterocycles. The van der Waals surface area contributed by atoms with Crippen molar-refractivity contribution in [2.75, 3.05) is 11.9 Å². The van der Waals surface area contributed by atoms with E-state index in [2.05, 4.69) is 28.1 Å². The second kappa shape index (κ2) is 13.5. The lowest BCUT2D eigenvalue weighted by Crippen LogP contribution is -2.56. The highest BCUT2D eigenvalue weighted by Gasteiger charge is 2.56. The first-order valence-electron chi connectivity index (χ1n) is 19.3. The van der Waals surface area contributed by atoms with Gasteiger partial charge < -0.3 is 26.2 Å². The SMILES string of the molecule is O=C(O)c1cc(NC(=O)[C@H](NC(=O)C2C3c4ccccc4C(c4ccccc43)C2C(=O)NCC23CC4CC(CC(C4)C2)C3)c2ccccc2)cc(C(=O)O)c1. The second-order valence-corrected chi connectivity index (χ2v) is 16.7. The van der Waals surface area contributed by atoms with Crippen molar-refractivity contribution < 1.29 is 34.2 Å². The molecule has 5 N–H and O–H groups in total. The van der Waals surface area contributed by atoms with Crippen LogP contribution in [0.25, 0.3) is 0 Å². The third-order valence-electron chi connectivity index (χ3n) is 13.2. The number of hydrogen-bond donors (Lipinski definition) is 5. The van der Waals surface area contributed by atoms with Gasteiger partial charge in [-0.25, -0.2) is 9.59 Å². The van der Waals surface area contributed by atoms with Gasteiger partial charge in [-0.1, -0.05) is 78.9 Å². The Labute approximate surface area is 318 Å². The number of amides is 3. The normalized spacial score (nSPS) is 28.3. The maximum absolute atomic E-state index is 15.0. The van der Waals surface area contributed by atoms with Crippen LogP contribution < -0.4 is 16.0 Å². The van der Waals surface area contributed by atoms with E-state index in [4.69, 9.17) is 0 Å². The summed E-state index contributed by atoms with van der Waals surface area (Å²) in [6, 6.07) is 26.8. The average Bonchev–Trinajstić information content (AvgIpc) is 3.18. The van der Waals surface area contributed by atoms with E-state index >= 15 is 4.79 Å². The fraction of sp³-hybridized carbons (Fsp3) is 0.356. The molecule has 4 fully saturated rings. The predicted octanol–water partition coefficient (Wildman–Crippen LogP) is 6.74. The minimum Gasteiger partial charge on any atom is -0.478 e. The highest BCUT2D eigenvalue weighted by molar-refractivity contribution is 6.02. The number of fused-ring (bicyclic) bond motifs is 1. The Morgan fingerprint density at radius 1 is 0.618 bits per heavy atom. The van der Waals surface area contributed by atoms with Crippen molar-refractivity contribution in [1.29, 1.82) is 0 Å². The number of rotatable bonds is 10. The molecule has 55 heavy (non-hydrogen) atoms. The van der Waals surface area contributed by atoms with E-state index in [0.29, 0.717) is 12.1 Å². The van der Waals surface area contributed by atoms with E-state index < -0.39 is 47.5 Å². The zero-order chi connectivity index (χ0) is 38.0. The highest BCUT2D eigenvalue weighted by atomic mass is 16.4. The first-order chi connectivity index (χ1) is 26.6. The molecule has 0 aromatic heterocycles. The van der Waals surface area contributed by atoms with Crippen LogP contribution in [0.5, 0.6) is 0 Å². The molecule has 4 aromatic carbocycles. The fourth-order valence-corrected chi connectivity index (χ4v) is 11.6.